The molecule has 0 aromatic heterocycles. The van der Waals surface area contributed by atoms with Gasteiger partial charge in [0.25, 0.3) is 0 Å². The maximum absolute atomic E-state index is 13.1. The molecule has 0 bridgehead atoms. The average Bonchev–Trinajstić information content (AvgIpc) is 2.53. The number of likely N-dealkylation sites (tertiary alicyclic amines) is 1. The number of benzene rings is 1. The van der Waals surface area contributed by atoms with Gasteiger partial charge < -0.3 is 9.80 Å². The van der Waals surface area contributed by atoms with Gasteiger partial charge in [-0.3, -0.25) is 4.79 Å². The van der Waals surface area contributed by atoms with Crippen molar-refractivity contribution in [1.29, 1.82) is 0 Å². The zero-order valence-corrected chi connectivity index (χ0v) is 14.6. The quantitative estimate of drug-likeness (QED) is 0.767. The summed E-state index contributed by atoms with van der Waals surface area (Å²) in [5, 5.41) is 0. The highest BCUT2D eigenvalue weighted by molar-refractivity contribution is 6.27. The molecule has 0 N–H and O–H groups in total. The van der Waals surface area contributed by atoms with Crippen LogP contribution in [0.3, 0.4) is 0 Å². The van der Waals surface area contributed by atoms with Crippen molar-refractivity contribution in [3.05, 3.63) is 35.4 Å². The highest BCUT2D eigenvalue weighted by atomic mass is 35.5. The minimum absolute atomic E-state index is 0.0652. The molecule has 1 aliphatic rings. The number of hydrogen-bond donors (Lipinski definition) is 0. The minimum Gasteiger partial charge on any atom is -0.342 e. The molecular weight excluding hydrogens is 341 g/mol. The standard InChI is InChI=1S/C17H22ClF3N2O/c1-22(2)12-16(6-8-23(9-7-16)15(24)11-18)13-4-3-5-14(10-13)17(19,20)21/h3-5,10H,6-9,11-12H2,1-2H3. The summed E-state index contributed by atoms with van der Waals surface area (Å²) in [7, 11) is 3.82. The molecule has 134 valence electrons. The number of hydrogen-bond acceptors (Lipinski definition) is 2. The predicted molar refractivity (Wildman–Crippen MR) is 88.2 cm³/mol. The molecule has 1 aliphatic heterocycles. The molecule has 0 spiro atoms. The number of rotatable bonds is 4. The van der Waals surface area contributed by atoms with E-state index in [-0.39, 0.29) is 11.8 Å². The van der Waals surface area contributed by atoms with E-state index in [1.807, 2.05) is 19.0 Å². The van der Waals surface area contributed by atoms with Crippen LogP contribution in [0.25, 0.3) is 0 Å². The van der Waals surface area contributed by atoms with E-state index in [2.05, 4.69) is 0 Å². The van der Waals surface area contributed by atoms with Crippen molar-refractivity contribution in [1.82, 2.24) is 9.80 Å². The van der Waals surface area contributed by atoms with Gasteiger partial charge in [-0.05, 0) is 38.6 Å². The molecule has 1 fully saturated rings. The molecule has 7 heteroatoms. The molecule has 0 aliphatic carbocycles. The summed E-state index contributed by atoms with van der Waals surface area (Å²) in [5.41, 5.74) is -0.338. The minimum atomic E-state index is -4.36. The Labute approximate surface area is 145 Å². The van der Waals surface area contributed by atoms with Crippen molar-refractivity contribution < 1.29 is 18.0 Å². The first kappa shape index (κ1) is 19.1. The van der Waals surface area contributed by atoms with Gasteiger partial charge in [0.1, 0.15) is 5.88 Å². The van der Waals surface area contributed by atoms with Crippen LogP contribution in [0.4, 0.5) is 13.2 Å². The molecule has 24 heavy (non-hydrogen) atoms. The molecule has 0 unspecified atom stereocenters. The molecule has 1 aromatic rings. The molecule has 0 saturated carbocycles. The van der Waals surface area contributed by atoms with Crippen LogP contribution in [-0.4, -0.2) is 55.3 Å². The second kappa shape index (κ2) is 7.31. The molecule has 0 radical (unpaired) electrons. The Kier molecular flexibility index (Phi) is 5.81. The third-order valence-electron chi connectivity index (χ3n) is 4.61. The van der Waals surface area contributed by atoms with E-state index in [0.29, 0.717) is 38.0 Å². The lowest BCUT2D eigenvalue weighted by molar-refractivity contribution is -0.137. The summed E-state index contributed by atoms with van der Waals surface area (Å²) >= 11 is 5.60. The van der Waals surface area contributed by atoms with Gasteiger partial charge in [-0.1, -0.05) is 18.2 Å². The Hall–Kier alpha value is -1.27. The number of nitrogens with zero attached hydrogens (tertiary/aromatic N) is 2. The van der Waals surface area contributed by atoms with Crippen LogP contribution in [0.5, 0.6) is 0 Å². The van der Waals surface area contributed by atoms with Crippen LogP contribution in [0.1, 0.15) is 24.0 Å². The molecule has 3 nitrogen and oxygen atoms in total. The fourth-order valence-electron chi connectivity index (χ4n) is 3.44. The number of halogens is 4. The molecule has 0 atom stereocenters. The molecule has 1 saturated heterocycles. The lowest BCUT2D eigenvalue weighted by atomic mass is 9.72. The fraction of sp³-hybridized carbons (Fsp3) is 0.588. The highest BCUT2D eigenvalue weighted by Crippen LogP contribution is 2.39. The Morgan fingerprint density at radius 3 is 2.42 bits per heavy atom. The molecule has 1 amide bonds. The van der Waals surface area contributed by atoms with E-state index in [9.17, 15) is 18.0 Å². The number of amides is 1. The molecule has 1 aromatic carbocycles. The van der Waals surface area contributed by atoms with E-state index in [0.717, 1.165) is 6.07 Å². The Morgan fingerprint density at radius 2 is 1.92 bits per heavy atom. The Morgan fingerprint density at radius 1 is 1.29 bits per heavy atom. The zero-order valence-electron chi connectivity index (χ0n) is 13.9. The summed E-state index contributed by atoms with van der Waals surface area (Å²) in [5.74, 6) is -0.191. The van der Waals surface area contributed by atoms with Crippen molar-refractivity contribution >= 4 is 17.5 Å². The predicted octanol–water partition coefficient (Wildman–Crippen LogP) is 3.37. The van der Waals surface area contributed by atoms with Gasteiger partial charge in [0.05, 0.1) is 5.56 Å². The van der Waals surface area contributed by atoms with E-state index in [4.69, 9.17) is 11.6 Å². The van der Waals surface area contributed by atoms with E-state index < -0.39 is 17.2 Å². The summed E-state index contributed by atoms with van der Waals surface area (Å²) in [6.45, 7) is 1.66. The Balaban J connectivity index is 2.32. The smallest absolute Gasteiger partial charge is 0.342 e. The summed E-state index contributed by atoms with van der Waals surface area (Å²) in [6, 6.07) is 5.57. The van der Waals surface area contributed by atoms with Crippen LogP contribution in [0, 0.1) is 0 Å². The van der Waals surface area contributed by atoms with E-state index in [1.54, 1.807) is 11.0 Å². The largest absolute Gasteiger partial charge is 0.416 e. The first-order valence-corrected chi connectivity index (χ1v) is 8.38. The highest BCUT2D eigenvalue weighted by Gasteiger charge is 2.39. The Bertz CT molecular complexity index is 581. The van der Waals surface area contributed by atoms with Gasteiger partial charge in [0.2, 0.25) is 5.91 Å². The molecule has 2 rings (SSSR count). The summed E-state index contributed by atoms with van der Waals surface area (Å²) < 4.78 is 39.2. The number of carbonyl (C=O) groups is 1. The summed E-state index contributed by atoms with van der Waals surface area (Å²) in [6.07, 6.45) is -3.12. The van der Waals surface area contributed by atoms with E-state index in [1.165, 1.54) is 12.1 Å². The van der Waals surface area contributed by atoms with Crippen molar-refractivity contribution in [2.75, 3.05) is 39.6 Å². The monoisotopic (exact) mass is 362 g/mol. The van der Waals surface area contributed by atoms with Gasteiger partial charge in [0.15, 0.2) is 0 Å². The second-order valence-corrected chi connectivity index (χ2v) is 6.88. The second-order valence-electron chi connectivity index (χ2n) is 6.61. The summed E-state index contributed by atoms with van der Waals surface area (Å²) in [4.78, 5) is 15.4. The fourth-order valence-corrected chi connectivity index (χ4v) is 3.61. The first-order chi connectivity index (χ1) is 11.2. The molecular formula is C17H22ClF3N2O. The van der Waals surface area contributed by atoms with Crippen molar-refractivity contribution in [3.8, 4) is 0 Å². The maximum atomic E-state index is 13.1. The lowest BCUT2D eigenvalue weighted by Crippen LogP contribution is -2.49. The zero-order chi connectivity index (χ0) is 18.0. The van der Waals surface area contributed by atoms with Gasteiger partial charge >= 0.3 is 6.18 Å². The van der Waals surface area contributed by atoms with Crippen molar-refractivity contribution in [2.45, 2.75) is 24.4 Å². The lowest BCUT2D eigenvalue weighted by Gasteiger charge is -2.44. The van der Waals surface area contributed by atoms with Gasteiger partial charge in [0, 0.05) is 25.0 Å². The van der Waals surface area contributed by atoms with Gasteiger partial charge in [-0.15, -0.1) is 11.6 Å². The average molecular weight is 363 g/mol. The number of piperidine rings is 1. The third-order valence-corrected chi connectivity index (χ3v) is 4.84. The van der Waals surface area contributed by atoms with Crippen LogP contribution < -0.4 is 0 Å². The van der Waals surface area contributed by atoms with Crippen LogP contribution in [0.15, 0.2) is 24.3 Å². The first-order valence-electron chi connectivity index (χ1n) is 7.84. The normalized spacial score (nSPS) is 18.0. The van der Waals surface area contributed by atoms with Crippen molar-refractivity contribution in [3.63, 3.8) is 0 Å². The maximum Gasteiger partial charge on any atom is 0.416 e. The van der Waals surface area contributed by atoms with Crippen LogP contribution >= 0.6 is 11.6 Å². The van der Waals surface area contributed by atoms with Crippen LogP contribution in [-0.2, 0) is 16.4 Å². The van der Waals surface area contributed by atoms with Crippen molar-refractivity contribution in [2.24, 2.45) is 0 Å². The topological polar surface area (TPSA) is 23.6 Å². The van der Waals surface area contributed by atoms with Crippen LogP contribution in [0.2, 0.25) is 0 Å². The SMILES string of the molecule is CN(C)CC1(c2cccc(C(F)(F)F)c2)CCN(C(=O)CCl)CC1. The van der Waals surface area contributed by atoms with Gasteiger partial charge in [-0.2, -0.15) is 13.2 Å². The third kappa shape index (κ3) is 4.22. The number of alkyl halides is 4. The van der Waals surface area contributed by atoms with E-state index >= 15 is 0 Å². The number of likely N-dealkylation sites (N-methyl/N-ethyl adjacent to an activating group) is 1. The van der Waals surface area contributed by atoms with Gasteiger partial charge in [-0.25, -0.2) is 0 Å². The molecule has 1 heterocycles. The number of carbonyl (C=O) groups excluding carboxylic acids is 1.